The van der Waals surface area contributed by atoms with Crippen LogP contribution >= 0.6 is 23.2 Å². The second-order valence-electron chi connectivity index (χ2n) is 2.59. The first-order valence-electron chi connectivity index (χ1n) is 4.02. The molecule has 0 radical (unpaired) electrons. The molecule has 0 heterocycles. The summed E-state index contributed by atoms with van der Waals surface area (Å²) in [4.78, 5) is 9.89. The van der Waals surface area contributed by atoms with Crippen LogP contribution in [0.3, 0.4) is 0 Å². The van der Waals surface area contributed by atoms with Crippen LogP contribution in [0.5, 0.6) is 0 Å². The molecular formula is C7H14Cl2O3Si. The van der Waals surface area contributed by atoms with Gasteiger partial charge in [0.2, 0.25) is 0 Å². The molecule has 0 rings (SSSR count). The largest absolute Gasteiger partial charge is 0.466 e. The van der Waals surface area contributed by atoms with Crippen LogP contribution in [0.1, 0.15) is 19.8 Å². The van der Waals surface area contributed by atoms with Gasteiger partial charge in [-0.05, 0) is 12.8 Å². The Balaban J connectivity index is 3.44. The summed E-state index contributed by atoms with van der Waals surface area (Å²) in [7, 11) is 0.608. The van der Waals surface area contributed by atoms with E-state index in [1.165, 1.54) is 6.92 Å². The highest BCUT2D eigenvalue weighted by atomic mass is 35.5. The van der Waals surface area contributed by atoms with Crippen molar-refractivity contribution in [1.82, 2.24) is 0 Å². The molecule has 0 bridgehead atoms. The van der Waals surface area contributed by atoms with Crippen molar-refractivity contribution in [1.29, 1.82) is 0 Å². The predicted octanol–water partition coefficient (Wildman–Crippen LogP) is 0.799. The second kappa shape index (κ2) is 7.61. The summed E-state index contributed by atoms with van der Waals surface area (Å²) >= 11 is 11.3. The van der Waals surface area contributed by atoms with Crippen molar-refractivity contribution in [2.75, 3.05) is 6.61 Å². The Labute approximate surface area is 91.2 Å². The fourth-order valence-electron chi connectivity index (χ4n) is 0.847. The first-order valence-corrected chi connectivity index (χ1v) is 5.71. The molecule has 0 aliphatic carbocycles. The zero-order chi connectivity index (χ0) is 10.3. The van der Waals surface area contributed by atoms with Gasteiger partial charge in [-0.3, -0.25) is 4.79 Å². The number of hydrogen-bond acceptors (Lipinski definition) is 3. The minimum Gasteiger partial charge on any atom is -0.466 e. The summed E-state index contributed by atoms with van der Waals surface area (Å²) in [5.41, 5.74) is 0. The zero-order valence-corrected chi connectivity index (χ0v) is 11.3. The molecular weight excluding hydrogens is 231 g/mol. The van der Waals surface area contributed by atoms with E-state index in [4.69, 9.17) is 32.4 Å². The number of esters is 1. The molecule has 0 fully saturated rings. The summed E-state index contributed by atoms with van der Waals surface area (Å²) in [5, 5.41) is 0. The van der Waals surface area contributed by atoms with E-state index >= 15 is 0 Å². The topological polar surface area (TPSA) is 35.5 Å². The molecule has 0 aromatic rings. The van der Waals surface area contributed by atoms with Crippen molar-refractivity contribution in [3.05, 3.63) is 0 Å². The van der Waals surface area contributed by atoms with Crippen LogP contribution in [0.25, 0.3) is 0 Å². The Kier molecular flexibility index (Phi) is 7.75. The predicted molar refractivity (Wildman–Crippen MR) is 56.2 cm³/mol. The summed E-state index contributed by atoms with van der Waals surface area (Å²) in [5.74, 6) is -0.267. The van der Waals surface area contributed by atoms with Gasteiger partial charge in [0.25, 0.3) is 0 Å². The Hall–Kier alpha value is 0.227. The van der Waals surface area contributed by atoms with Crippen molar-refractivity contribution in [3.8, 4) is 0 Å². The molecule has 6 heteroatoms. The van der Waals surface area contributed by atoms with Gasteiger partial charge in [-0.2, -0.15) is 0 Å². The van der Waals surface area contributed by atoms with Crippen molar-refractivity contribution in [2.24, 2.45) is 0 Å². The lowest BCUT2D eigenvalue weighted by atomic mass is 10.2. The van der Waals surface area contributed by atoms with E-state index in [-0.39, 0.29) is 12.1 Å². The molecule has 0 aliphatic rings. The molecule has 0 aromatic carbocycles. The average molecular weight is 245 g/mol. The van der Waals surface area contributed by atoms with Gasteiger partial charge in [0.05, 0.1) is 12.7 Å². The lowest BCUT2D eigenvalue weighted by Gasteiger charge is -2.16. The Bertz CT molecular complexity index is 155. The SMILES string of the molecule is CC(=O)OCCCC(O[SiH3])C(Cl)Cl. The van der Waals surface area contributed by atoms with Gasteiger partial charge in [0.1, 0.15) is 15.3 Å². The Morgan fingerprint density at radius 3 is 2.54 bits per heavy atom. The minimum atomic E-state index is -0.505. The molecule has 1 atom stereocenters. The van der Waals surface area contributed by atoms with Gasteiger partial charge >= 0.3 is 5.97 Å². The van der Waals surface area contributed by atoms with Gasteiger partial charge in [-0.1, -0.05) is 0 Å². The molecule has 0 N–H and O–H groups in total. The highest BCUT2D eigenvalue weighted by molar-refractivity contribution is 6.44. The number of carbonyl (C=O) groups is 1. The summed E-state index contributed by atoms with van der Waals surface area (Å²) in [6.07, 6.45) is 1.31. The van der Waals surface area contributed by atoms with Crippen LogP contribution in [0.15, 0.2) is 0 Å². The Morgan fingerprint density at radius 1 is 1.54 bits per heavy atom. The van der Waals surface area contributed by atoms with E-state index in [0.29, 0.717) is 23.5 Å². The van der Waals surface area contributed by atoms with Crippen molar-refractivity contribution < 1.29 is 14.0 Å². The highest BCUT2D eigenvalue weighted by Gasteiger charge is 2.14. The van der Waals surface area contributed by atoms with Crippen molar-refractivity contribution in [3.63, 3.8) is 0 Å². The third-order valence-corrected chi connectivity index (χ3v) is 2.69. The quantitative estimate of drug-likeness (QED) is 0.300. The molecule has 13 heavy (non-hydrogen) atoms. The number of alkyl halides is 2. The maximum Gasteiger partial charge on any atom is 0.302 e. The third-order valence-electron chi connectivity index (χ3n) is 1.52. The smallest absolute Gasteiger partial charge is 0.302 e. The monoisotopic (exact) mass is 244 g/mol. The van der Waals surface area contributed by atoms with Crippen LogP contribution in [0.2, 0.25) is 0 Å². The molecule has 1 unspecified atom stereocenters. The number of halogens is 2. The first-order chi connectivity index (χ1) is 6.07. The molecule has 0 aromatic heterocycles. The van der Waals surface area contributed by atoms with Crippen LogP contribution < -0.4 is 0 Å². The van der Waals surface area contributed by atoms with Crippen LogP contribution in [0.4, 0.5) is 0 Å². The maximum absolute atomic E-state index is 10.4. The zero-order valence-electron chi connectivity index (χ0n) is 7.76. The summed E-state index contributed by atoms with van der Waals surface area (Å²) in [6.45, 7) is 1.78. The van der Waals surface area contributed by atoms with E-state index in [1.807, 2.05) is 0 Å². The van der Waals surface area contributed by atoms with E-state index < -0.39 is 4.84 Å². The van der Waals surface area contributed by atoms with Gasteiger partial charge in [0, 0.05) is 6.92 Å². The van der Waals surface area contributed by atoms with Crippen LogP contribution in [0, 0.1) is 0 Å². The minimum absolute atomic E-state index is 0.134. The molecule has 0 saturated carbocycles. The molecule has 0 amide bonds. The van der Waals surface area contributed by atoms with Gasteiger partial charge in [-0.25, -0.2) is 0 Å². The Morgan fingerprint density at radius 2 is 2.15 bits per heavy atom. The average Bonchev–Trinajstić information content (AvgIpc) is 2.03. The number of carbonyl (C=O) groups excluding carboxylic acids is 1. The number of ether oxygens (including phenoxy) is 1. The van der Waals surface area contributed by atoms with Gasteiger partial charge in [-0.15, -0.1) is 23.2 Å². The van der Waals surface area contributed by atoms with E-state index in [2.05, 4.69) is 0 Å². The molecule has 3 nitrogen and oxygen atoms in total. The molecule has 0 spiro atoms. The fraction of sp³-hybridized carbons (Fsp3) is 0.857. The van der Waals surface area contributed by atoms with E-state index in [0.717, 1.165) is 6.42 Å². The molecule has 0 saturated heterocycles. The number of rotatable bonds is 6. The fourth-order valence-corrected chi connectivity index (χ4v) is 2.16. The van der Waals surface area contributed by atoms with Crippen molar-refractivity contribution >= 4 is 39.7 Å². The number of hydrogen-bond donors (Lipinski definition) is 0. The first kappa shape index (κ1) is 13.2. The summed E-state index contributed by atoms with van der Waals surface area (Å²) < 4.78 is 9.90. The van der Waals surface area contributed by atoms with Gasteiger partial charge in [0.15, 0.2) is 0 Å². The second-order valence-corrected chi connectivity index (χ2v) is 4.23. The van der Waals surface area contributed by atoms with Crippen LogP contribution in [-0.4, -0.2) is 34.0 Å². The maximum atomic E-state index is 10.4. The van der Waals surface area contributed by atoms with Crippen LogP contribution in [-0.2, 0) is 14.0 Å². The van der Waals surface area contributed by atoms with Crippen molar-refractivity contribution in [2.45, 2.75) is 30.7 Å². The highest BCUT2D eigenvalue weighted by Crippen LogP contribution is 2.15. The molecule has 78 valence electrons. The van der Waals surface area contributed by atoms with Gasteiger partial charge < -0.3 is 9.16 Å². The molecule has 0 aliphatic heterocycles. The lowest BCUT2D eigenvalue weighted by Crippen LogP contribution is -2.20. The summed E-state index contributed by atoms with van der Waals surface area (Å²) in [6, 6.07) is 0. The van der Waals surface area contributed by atoms with E-state index in [1.54, 1.807) is 0 Å². The lowest BCUT2D eigenvalue weighted by molar-refractivity contribution is -0.141. The standard InChI is InChI=1S/C7H14Cl2O3Si/c1-5(10)11-4-2-3-6(12-13)7(8)9/h6-7H,2-4H2,1,13H3. The normalized spacial score (nSPS) is 13.2. The third kappa shape index (κ3) is 7.31. The van der Waals surface area contributed by atoms with E-state index in [9.17, 15) is 4.79 Å².